The summed E-state index contributed by atoms with van der Waals surface area (Å²) in [4.78, 5) is 12.4. The fourth-order valence-electron chi connectivity index (χ4n) is 2.24. The van der Waals surface area contributed by atoms with Crippen LogP contribution in [0.15, 0.2) is 23.1 Å². The van der Waals surface area contributed by atoms with Crippen molar-refractivity contribution >= 4 is 18.4 Å². The van der Waals surface area contributed by atoms with Crippen molar-refractivity contribution in [3.63, 3.8) is 0 Å². The number of benzene rings is 1. The van der Waals surface area contributed by atoms with Crippen molar-refractivity contribution in [2.45, 2.75) is 23.9 Å². The first kappa shape index (κ1) is 14.4. The minimum Gasteiger partial charge on any atom is -0.317 e. The molecule has 0 bridgehead atoms. The largest absolute Gasteiger partial charge is 0.416 e. The molecule has 1 heterocycles. The van der Waals surface area contributed by atoms with Gasteiger partial charge in [0.05, 0.1) is 5.56 Å². The minimum atomic E-state index is -4.46. The quantitative estimate of drug-likeness (QED) is 0.647. The van der Waals surface area contributed by atoms with Crippen LogP contribution in [0.4, 0.5) is 13.2 Å². The van der Waals surface area contributed by atoms with Crippen LogP contribution in [0.3, 0.4) is 0 Å². The van der Waals surface area contributed by atoms with Crippen LogP contribution in [0.1, 0.15) is 28.8 Å². The number of ketones is 1. The molecule has 19 heavy (non-hydrogen) atoms. The Morgan fingerprint density at radius 2 is 1.84 bits per heavy atom. The lowest BCUT2D eigenvalue weighted by Gasteiger charge is -2.22. The van der Waals surface area contributed by atoms with Crippen molar-refractivity contribution in [3.8, 4) is 0 Å². The summed E-state index contributed by atoms with van der Waals surface area (Å²) >= 11 is 3.95. The van der Waals surface area contributed by atoms with E-state index >= 15 is 0 Å². The van der Waals surface area contributed by atoms with Crippen molar-refractivity contribution in [1.82, 2.24) is 5.32 Å². The molecule has 1 aromatic carbocycles. The summed E-state index contributed by atoms with van der Waals surface area (Å²) in [5.74, 6) is -0.416. The Morgan fingerprint density at radius 3 is 2.42 bits per heavy atom. The number of piperidine rings is 1. The highest BCUT2D eigenvalue weighted by atomic mass is 32.1. The van der Waals surface area contributed by atoms with Gasteiger partial charge in [0, 0.05) is 16.4 Å². The van der Waals surface area contributed by atoms with Gasteiger partial charge in [-0.05, 0) is 44.1 Å². The summed E-state index contributed by atoms with van der Waals surface area (Å²) < 4.78 is 38.1. The zero-order valence-electron chi connectivity index (χ0n) is 10.1. The van der Waals surface area contributed by atoms with Gasteiger partial charge in [0.2, 0.25) is 0 Å². The van der Waals surface area contributed by atoms with Crippen LogP contribution < -0.4 is 5.32 Å². The lowest BCUT2D eigenvalue weighted by molar-refractivity contribution is -0.137. The van der Waals surface area contributed by atoms with Gasteiger partial charge in [0.15, 0.2) is 5.78 Å². The topological polar surface area (TPSA) is 29.1 Å². The van der Waals surface area contributed by atoms with Crippen LogP contribution in [0.5, 0.6) is 0 Å². The Balaban J connectivity index is 2.28. The first-order valence-corrected chi connectivity index (χ1v) is 6.49. The van der Waals surface area contributed by atoms with E-state index in [2.05, 4.69) is 17.9 Å². The molecule has 2 nitrogen and oxygen atoms in total. The Labute approximate surface area is 114 Å². The summed E-state index contributed by atoms with van der Waals surface area (Å²) in [6.45, 7) is 1.45. The molecule has 1 aliphatic rings. The summed E-state index contributed by atoms with van der Waals surface area (Å²) in [7, 11) is 0. The van der Waals surface area contributed by atoms with Gasteiger partial charge in [-0.15, -0.1) is 12.6 Å². The summed E-state index contributed by atoms with van der Waals surface area (Å²) in [6.07, 6.45) is -3.13. The number of alkyl halides is 3. The molecule has 0 amide bonds. The number of carbonyl (C=O) groups excluding carboxylic acids is 1. The SMILES string of the molecule is O=C(c1cc(S)cc(C(F)(F)F)c1)C1CCNCC1. The van der Waals surface area contributed by atoms with E-state index in [0.29, 0.717) is 12.8 Å². The molecule has 1 aliphatic heterocycles. The Kier molecular flexibility index (Phi) is 4.20. The molecule has 104 valence electrons. The highest BCUT2D eigenvalue weighted by Gasteiger charge is 2.32. The highest BCUT2D eigenvalue weighted by Crippen LogP contribution is 2.32. The lowest BCUT2D eigenvalue weighted by atomic mass is 9.89. The van der Waals surface area contributed by atoms with Gasteiger partial charge >= 0.3 is 6.18 Å². The van der Waals surface area contributed by atoms with Crippen molar-refractivity contribution in [3.05, 3.63) is 29.3 Å². The van der Waals surface area contributed by atoms with Crippen LogP contribution in [-0.2, 0) is 6.18 Å². The molecule has 1 aromatic rings. The normalized spacial score (nSPS) is 17.5. The molecule has 1 saturated heterocycles. The van der Waals surface area contributed by atoms with Gasteiger partial charge in [0.1, 0.15) is 0 Å². The van der Waals surface area contributed by atoms with Crippen LogP contribution in [0.2, 0.25) is 0 Å². The second-order valence-electron chi connectivity index (χ2n) is 4.65. The molecular weight excluding hydrogens is 275 g/mol. The smallest absolute Gasteiger partial charge is 0.317 e. The van der Waals surface area contributed by atoms with Gasteiger partial charge in [-0.2, -0.15) is 13.2 Å². The van der Waals surface area contributed by atoms with E-state index in [-0.39, 0.29) is 22.2 Å². The number of carbonyl (C=O) groups is 1. The van der Waals surface area contributed by atoms with Crippen molar-refractivity contribution in [2.75, 3.05) is 13.1 Å². The molecular formula is C13H14F3NOS. The maximum absolute atomic E-state index is 12.7. The first-order chi connectivity index (χ1) is 8.88. The third-order valence-corrected chi connectivity index (χ3v) is 3.50. The Morgan fingerprint density at radius 1 is 1.21 bits per heavy atom. The number of rotatable bonds is 2. The molecule has 6 heteroatoms. The molecule has 1 N–H and O–H groups in total. The fraction of sp³-hybridized carbons (Fsp3) is 0.462. The van der Waals surface area contributed by atoms with Gasteiger partial charge in [0.25, 0.3) is 0 Å². The van der Waals surface area contributed by atoms with Crippen LogP contribution in [0, 0.1) is 5.92 Å². The predicted molar refractivity (Wildman–Crippen MR) is 68.6 cm³/mol. The molecule has 0 atom stereocenters. The Bertz CT molecular complexity index is 481. The molecule has 2 rings (SSSR count). The summed E-state index contributed by atoms with van der Waals surface area (Å²) in [5.41, 5.74) is -0.719. The van der Waals surface area contributed by atoms with E-state index in [4.69, 9.17) is 0 Å². The molecule has 1 fully saturated rings. The third-order valence-electron chi connectivity index (χ3n) is 3.24. The number of Topliss-reactive ketones (excluding diaryl/α,β-unsaturated/α-hetero) is 1. The Hall–Kier alpha value is -1.01. The van der Waals surface area contributed by atoms with Gasteiger partial charge in [-0.3, -0.25) is 4.79 Å². The zero-order valence-corrected chi connectivity index (χ0v) is 11.0. The zero-order chi connectivity index (χ0) is 14.0. The number of nitrogens with one attached hydrogen (secondary N) is 1. The summed E-state index contributed by atoms with van der Waals surface area (Å²) in [5, 5.41) is 3.12. The molecule has 0 saturated carbocycles. The number of halogens is 3. The van der Waals surface area contributed by atoms with Crippen molar-refractivity contribution in [2.24, 2.45) is 5.92 Å². The van der Waals surface area contributed by atoms with Crippen LogP contribution in [-0.4, -0.2) is 18.9 Å². The van der Waals surface area contributed by atoms with Gasteiger partial charge in [-0.1, -0.05) is 0 Å². The van der Waals surface area contributed by atoms with Gasteiger partial charge < -0.3 is 5.32 Å². The molecule has 0 spiro atoms. The van der Waals surface area contributed by atoms with E-state index in [1.54, 1.807) is 0 Å². The number of hydrogen-bond acceptors (Lipinski definition) is 3. The molecule has 0 unspecified atom stereocenters. The third kappa shape index (κ3) is 3.51. The minimum absolute atomic E-state index is 0.103. The van der Waals surface area contributed by atoms with Crippen molar-refractivity contribution < 1.29 is 18.0 Å². The fourth-order valence-corrected chi connectivity index (χ4v) is 2.52. The second kappa shape index (κ2) is 5.54. The van der Waals surface area contributed by atoms with Crippen LogP contribution >= 0.6 is 12.6 Å². The standard InChI is InChI=1S/C13H14F3NOS/c14-13(15,16)10-5-9(6-11(19)7-10)12(18)8-1-3-17-4-2-8/h5-8,17,19H,1-4H2. The second-order valence-corrected chi connectivity index (χ2v) is 5.17. The van der Waals surface area contributed by atoms with Crippen LogP contribution in [0.25, 0.3) is 0 Å². The number of hydrogen-bond donors (Lipinski definition) is 2. The average molecular weight is 289 g/mol. The van der Waals surface area contributed by atoms with E-state index in [9.17, 15) is 18.0 Å². The summed E-state index contributed by atoms with van der Waals surface area (Å²) in [6, 6.07) is 3.26. The van der Waals surface area contributed by atoms with E-state index in [1.165, 1.54) is 6.07 Å². The maximum Gasteiger partial charge on any atom is 0.416 e. The predicted octanol–water partition coefficient (Wildman–Crippen LogP) is 3.18. The molecule has 0 aliphatic carbocycles. The molecule has 0 aromatic heterocycles. The first-order valence-electron chi connectivity index (χ1n) is 6.04. The van der Waals surface area contributed by atoms with E-state index in [1.807, 2.05) is 0 Å². The van der Waals surface area contributed by atoms with E-state index < -0.39 is 11.7 Å². The van der Waals surface area contributed by atoms with Crippen molar-refractivity contribution in [1.29, 1.82) is 0 Å². The average Bonchev–Trinajstić information content (AvgIpc) is 2.37. The monoisotopic (exact) mass is 289 g/mol. The maximum atomic E-state index is 12.7. The lowest BCUT2D eigenvalue weighted by Crippen LogP contribution is -2.32. The van der Waals surface area contributed by atoms with Gasteiger partial charge in [-0.25, -0.2) is 0 Å². The highest BCUT2D eigenvalue weighted by molar-refractivity contribution is 7.80. The molecule has 0 radical (unpaired) electrons. The number of thiol groups is 1. The van der Waals surface area contributed by atoms with E-state index in [0.717, 1.165) is 25.2 Å².